The largest absolute Gasteiger partial charge is 0.302 e. The van der Waals surface area contributed by atoms with Gasteiger partial charge in [-0.2, -0.15) is 0 Å². The van der Waals surface area contributed by atoms with Crippen molar-refractivity contribution in [1.82, 2.24) is 14.8 Å². The minimum Gasteiger partial charge on any atom is -0.302 e. The number of aryl methyl sites for hydroxylation is 4. The average molecular weight is 366 g/mol. The van der Waals surface area contributed by atoms with Crippen molar-refractivity contribution < 1.29 is 4.79 Å². The molecule has 0 bridgehead atoms. The second-order valence-corrected chi connectivity index (χ2v) is 7.51. The number of nitrogens with zero attached hydrogens (tertiary/aromatic N) is 3. The number of ketones is 1. The summed E-state index contributed by atoms with van der Waals surface area (Å²) in [6.45, 7) is 8.75. The first-order chi connectivity index (χ1) is 12.5. The lowest BCUT2D eigenvalue weighted by molar-refractivity contribution is 0.102. The number of hydrogen-bond acceptors (Lipinski definition) is 4. The van der Waals surface area contributed by atoms with Gasteiger partial charge < -0.3 is 4.57 Å². The Morgan fingerprint density at radius 3 is 2.38 bits per heavy atom. The summed E-state index contributed by atoms with van der Waals surface area (Å²) in [4.78, 5) is 12.7. The van der Waals surface area contributed by atoms with Gasteiger partial charge in [0, 0.05) is 5.56 Å². The molecule has 26 heavy (non-hydrogen) atoms. The summed E-state index contributed by atoms with van der Waals surface area (Å²) in [6, 6.07) is 14.3. The van der Waals surface area contributed by atoms with E-state index in [-0.39, 0.29) is 5.78 Å². The smallest absolute Gasteiger partial charge is 0.191 e. The molecule has 0 N–H and O–H groups in total. The minimum absolute atomic E-state index is 0.127. The topological polar surface area (TPSA) is 47.8 Å². The van der Waals surface area contributed by atoms with Crippen LogP contribution in [0.4, 0.5) is 0 Å². The summed E-state index contributed by atoms with van der Waals surface area (Å²) in [5, 5.41) is 9.22. The van der Waals surface area contributed by atoms with Crippen LogP contribution in [0.25, 0.3) is 0 Å². The summed E-state index contributed by atoms with van der Waals surface area (Å²) < 4.78 is 2.06. The van der Waals surface area contributed by atoms with Crippen molar-refractivity contribution in [2.45, 2.75) is 39.4 Å². The van der Waals surface area contributed by atoms with Crippen molar-refractivity contribution in [3.8, 4) is 0 Å². The molecule has 0 aliphatic rings. The van der Waals surface area contributed by atoms with Gasteiger partial charge in [-0.3, -0.25) is 4.79 Å². The number of aromatic nitrogens is 3. The van der Waals surface area contributed by atoms with Crippen LogP contribution in [0, 0.1) is 27.7 Å². The van der Waals surface area contributed by atoms with E-state index in [2.05, 4.69) is 39.9 Å². The van der Waals surface area contributed by atoms with E-state index in [1.54, 1.807) is 0 Å². The minimum atomic E-state index is 0.127. The van der Waals surface area contributed by atoms with E-state index < -0.39 is 0 Å². The first-order valence-electron chi connectivity index (χ1n) is 8.63. The fraction of sp³-hybridized carbons (Fsp3) is 0.286. The lowest BCUT2D eigenvalue weighted by Crippen LogP contribution is -2.08. The molecule has 0 saturated heterocycles. The molecule has 3 aromatic rings. The molecule has 0 spiro atoms. The van der Waals surface area contributed by atoms with Crippen molar-refractivity contribution >= 4 is 17.5 Å². The highest BCUT2D eigenvalue weighted by Gasteiger charge is 2.15. The van der Waals surface area contributed by atoms with Gasteiger partial charge in [-0.25, -0.2) is 0 Å². The van der Waals surface area contributed by atoms with Gasteiger partial charge in [-0.05, 0) is 56.0 Å². The Balaban J connectivity index is 1.74. The van der Waals surface area contributed by atoms with Crippen LogP contribution in [-0.4, -0.2) is 26.3 Å². The molecule has 0 fully saturated rings. The van der Waals surface area contributed by atoms with E-state index in [4.69, 9.17) is 0 Å². The number of thioether (sulfide) groups is 1. The Morgan fingerprint density at radius 1 is 0.962 bits per heavy atom. The van der Waals surface area contributed by atoms with Crippen LogP contribution in [-0.2, 0) is 6.54 Å². The predicted molar refractivity (Wildman–Crippen MR) is 106 cm³/mol. The van der Waals surface area contributed by atoms with E-state index in [1.165, 1.54) is 22.9 Å². The molecule has 0 unspecified atom stereocenters. The molecule has 1 heterocycles. The molecular weight excluding hydrogens is 342 g/mol. The van der Waals surface area contributed by atoms with Gasteiger partial charge in [0.05, 0.1) is 12.3 Å². The van der Waals surface area contributed by atoms with Crippen molar-refractivity contribution in [3.05, 3.63) is 76.1 Å². The number of Topliss-reactive ketones (excluding diaryl/α,β-unsaturated/α-hetero) is 1. The van der Waals surface area contributed by atoms with Gasteiger partial charge in [-0.1, -0.05) is 48.2 Å². The van der Waals surface area contributed by atoms with Gasteiger partial charge in [0.25, 0.3) is 0 Å². The zero-order valence-corrected chi connectivity index (χ0v) is 16.4. The Bertz CT molecular complexity index is 932. The van der Waals surface area contributed by atoms with E-state index >= 15 is 0 Å². The van der Waals surface area contributed by atoms with Gasteiger partial charge in [0.15, 0.2) is 10.9 Å². The van der Waals surface area contributed by atoms with E-state index in [0.29, 0.717) is 12.3 Å². The first kappa shape index (κ1) is 18.4. The standard InChI is InChI=1S/C21H23N3OS/c1-14-10-16(3)19(11-15(14)2)20(25)13-26-21-23-22-17(4)24(21)12-18-8-6-5-7-9-18/h5-11H,12-13H2,1-4H3. The molecule has 1 aromatic heterocycles. The quantitative estimate of drug-likeness (QED) is 0.475. The van der Waals surface area contributed by atoms with Crippen LogP contribution in [0.15, 0.2) is 47.6 Å². The molecule has 5 heteroatoms. The van der Waals surface area contributed by atoms with Gasteiger partial charge in [-0.15, -0.1) is 10.2 Å². The SMILES string of the molecule is Cc1cc(C)c(C(=O)CSc2nnc(C)n2Cc2ccccc2)cc1C. The van der Waals surface area contributed by atoms with Gasteiger partial charge in [0.2, 0.25) is 0 Å². The highest BCUT2D eigenvalue weighted by molar-refractivity contribution is 7.99. The summed E-state index contributed by atoms with van der Waals surface area (Å²) in [6.07, 6.45) is 0. The highest BCUT2D eigenvalue weighted by Crippen LogP contribution is 2.22. The fourth-order valence-corrected chi connectivity index (χ4v) is 3.75. The number of carbonyl (C=O) groups excluding carboxylic acids is 1. The maximum absolute atomic E-state index is 12.7. The van der Waals surface area contributed by atoms with Crippen LogP contribution < -0.4 is 0 Å². The molecule has 4 nitrogen and oxygen atoms in total. The zero-order chi connectivity index (χ0) is 18.7. The van der Waals surface area contributed by atoms with Crippen molar-refractivity contribution in [2.75, 3.05) is 5.75 Å². The Labute approximate surface area is 158 Å². The molecule has 3 rings (SSSR count). The van der Waals surface area contributed by atoms with Crippen molar-refractivity contribution in [1.29, 1.82) is 0 Å². The lowest BCUT2D eigenvalue weighted by Gasteiger charge is -2.10. The van der Waals surface area contributed by atoms with Crippen LogP contribution >= 0.6 is 11.8 Å². The Kier molecular flexibility index (Phi) is 5.57. The van der Waals surface area contributed by atoms with Gasteiger partial charge >= 0.3 is 0 Å². The maximum atomic E-state index is 12.7. The molecule has 0 amide bonds. The monoisotopic (exact) mass is 365 g/mol. The maximum Gasteiger partial charge on any atom is 0.191 e. The molecule has 0 aliphatic carbocycles. The summed E-state index contributed by atoms with van der Waals surface area (Å²) in [5.41, 5.74) is 5.37. The van der Waals surface area contributed by atoms with E-state index in [0.717, 1.165) is 27.7 Å². The molecule has 0 radical (unpaired) electrons. The van der Waals surface area contributed by atoms with Crippen molar-refractivity contribution in [2.24, 2.45) is 0 Å². The third-order valence-corrected chi connectivity index (χ3v) is 5.53. The third-order valence-electron chi connectivity index (χ3n) is 4.56. The number of carbonyl (C=O) groups is 1. The molecule has 0 atom stereocenters. The summed E-state index contributed by atoms with van der Waals surface area (Å²) in [5.74, 6) is 1.34. The molecule has 0 aliphatic heterocycles. The van der Waals surface area contributed by atoms with Crippen molar-refractivity contribution in [3.63, 3.8) is 0 Å². The predicted octanol–water partition coefficient (Wildman–Crippen LogP) is 4.54. The molecular formula is C21H23N3OS. The van der Waals surface area contributed by atoms with Crippen LogP contribution in [0.5, 0.6) is 0 Å². The summed E-state index contributed by atoms with van der Waals surface area (Å²) >= 11 is 1.45. The molecule has 134 valence electrons. The van der Waals surface area contributed by atoms with E-state index in [9.17, 15) is 4.79 Å². The summed E-state index contributed by atoms with van der Waals surface area (Å²) in [7, 11) is 0. The van der Waals surface area contributed by atoms with Crippen LogP contribution in [0.1, 0.15) is 38.4 Å². The number of rotatable bonds is 6. The Hall–Kier alpha value is -2.40. The number of hydrogen-bond donors (Lipinski definition) is 0. The average Bonchev–Trinajstić information content (AvgIpc) is 2.97. The molecule has 0 saturated carbocycles. The second-order valence-electron chi connectivity index (χ2n) is 6.56. The van der Waals surface area contributed by atoms with E-state index in [1.807, 2.05) is 45.0 Å². The highest BCUT2D eigenvalue weighted by atomic mass is 32.2. The fourth-order valence-electron chi connectivity index (χ4n) is 2.89. The first-order valence-corrected chi connectivity index (χ1v) is 9.62. The lowest BCUT2D eigenvalue weighted by atomic mass is 9.99. The zero-order valence-electron chi connectivity index (χ0n) is 15.6. The third kappa shape index (κ3) is 4.05. The molecule has 2 aromatic carbocycles. The Morgan fingerprint density at radius 2 is 1.65 bits per heavy atom. The van der Waals surface area contributed by atoms with Gasteiger partial charge in [0.1, 0.15) is 5.82 Å². The van der Waals surface area contributed by atoms with Crippen LogP contribution in [0.3, 0.4) is 0 Å². The normalized spacial score (nSPS) is 10.9. The number of benzene rings is 2. The second kappa shape index (κ2) is 7.87. The van der Waals surface area contributed by atoms with Crippen LogP contribution in [0.2, 0.25) is 0 Å².